The summed E-state index contributed by atoms with van der Waals surface area (Å²) in [7, 11) is 0. The Hall–Kier alpha value is -3.09. The van der Waals surface area contributed by atoms with Gasteiger partial charge in [0.15, 0.2) is 0 Å². The third-order valence-corrected chi connectivity index (χ3v) is 5.86. The second kappa shape index (κ2) is 8.34. The Balaban J connectivity index is 1.39. The molecule has 1 aromatic carbocycles. The first-order valence-corrected chi connectivity index (χ1v) is 10.5. The summed E-state index contributed by atoms with van der Waals surface area (Å²) in [6.45, 7) is 9.40. The van der Waals surface area contributed by atoms with Crippen LogP contribution in [0.4, 0.5) is 16.3 Å². The van der Waals surface area contributed by atoms with E-state index in [1.807, 2.05) is 30.2 Å². The molecule has 3 heterocycles. The maximum atomic E-state index is 12.9. The molecule has 2 aliphatic heterocycles. The van der Waals surface area contributed by atoms with E-state index in [0.29, 0.717) is 25.3 Å². The number of nitrogens with zero attached hydrogens (tertiary/aromatic N) is 4. The summed E-state index contributed by atoms with van der Waals surface area (Å²) in [5.41, 5.74) is 3.81. The van der Waals surface area contributed by atoms with E-state index in [-0.39, 0.29) is 18.0 Å². The molecule has 2 amide bonds. The van der Waals surface area contributed by atoms with Gasteiger partial charge in [0.1, 0.15) is 12.4 Å². The summed E-state index contributed by atoms with van der Waals surface area (Å²) in [4.78, 5) is 35.2. The first-order valence-electron chi connectivity index (χ1n) is 10.5. The number of aromatic nitrogens is 1. The molecule has 2 aromatic rings. The van der Waals surface area contributed by atoms with Crippen LogP contribution in [-0.4, -0.2) is 60.7 Å². The van der Waals surface area contributed by atoms with Crippen molar-refractivity contribution in [2.45, 2.75) is 33.2 Å². The Morgan fingerprint density at radius 3 is 2.43 bits per heavy atom. The van der Waals surface area contributed by atoms with Gasteiger partial charge in [-0.05, 0) is 55.7 Å². The number of carbonyl (C=O) groups is 2. The van der Waals surface area contributed by atoms with Crippen LogP contribution in [0.25, 0.3) is 0 Å². The SMILES string of the molecule is CCc1cnc(N2CCN(C(=O)c3ccc(N4C(=O)OC[C@H]4C)cc3)CC2)c(C)c1. The highest BCUT2D eigenvalue weighted by Crippen LogP contribution is 2.24. The fourth-order valence-electron chi connectivity index (χ4n) is 4.09. The third kappa shape index (κ3) is 3.84. The maximum absolute atomic E-state index is 12.9. The number of cyclic esters (lactones) is 1. The Bertz CT molecular complexity index is 936. The monoisotopic (exact) mass is 408 g/mol. The number of ether oxygens (including phenoxy) is 1. The molecule has 2 fully saturated rings. The summed E-state index contributed by atoms with van der Waals surface area (Å²) in [5.74, 6) is 1.03. The lowest BCUT2D eigenvalue weighted by atomic mass is 10.1. The normalized spacial score (nSPS) is 19.2. The van der Waals surface area contributed by atoms with E-state index in [1.54, 1.807) is 17.0 Å². The first kappa shape index (κ1) is 20.2. The zero-order valence-electron chi connectivity index (χ0n) is 17.8. The number of hydrogen-bond donors (Lipinski definition) is 0. The Morgan fingerprint density at radius 1 is 1.17 bits per heavy atom. The van der Waals surface area contributed by atoms with Gasteiger partial charge in [0.05, 0.1) is 6.04 Å². The zero-order chi connectivity index (χ0) is 21.3. The largest absolute Gasteiger partial charge is 0.447 e. The Labute approximate surface area is 177 Å². The summed E-state index contributed by atoms with van der Waals surface area (Å²) in [6.07, 6.45) is 2.58. The van der Waals surface area contributed by atoms with Crippen molar-refractivity contribution in [2.24, 2.45) is 0 Å². The minimum atomic E-state index is -0.339. The molecule has 0 N–H and O–H groups in total. The number of pyridine rings is 1. The minimum Gasteiger partial charge on any atom is -0.447 e. The average molecular weight is 409 g/mol. The lowest BCUT2D eigenvalue weighted by Crippen LogP contribution is -2.49. The minimum absolute atomic E-state index is 0.00409. The van der Waals surface area contributed by atoms with Crippen molar-refractivity contribution in [1.29, 1.82) is 0 Å². The molecule has 0 aliphatic carbocycles. The highest BCUT2D eigenvalue weighted by atomic mass is 16.6. The lowest BCUT2D eigenvalue weighted by molar-refractivity contribution is 0.0746. The molecule has 4 rings (SSSR count). The quantitative estimate of drug-likeness (QED) is 0.777. The van der Waals surface area contributed by atoms with Crippen LogP contribution in [0.1, 0.15) is 35.3 Å². The average Bonchev–Trinajstić information content (AvgIpc) is 3.11. The van der Waals surface area contributed by atoms with Gasteiger partial charge in [-0.2, -0.15) is 0 Å². The van der Waals surface area contributed by atoms with E-state index in [1.165, 1.54) is 11.1 Å². The molecule has 0 radical (unpaired) electrons. The van der Waals surface area contributed by atoms with Crippen LogP contribution in [0.15, 0.2) is 36.5 Å². The summed E-state index contributed by atoms with van der Waals surface area (Å²) in [6, 6.07) is 9.40. The van der Waals surface area contributed by atoms with Gasteiger partial charge in [-0.15, -0.1) is 0 Å². The van der Waals surface area contributed by atoms with E-state index in [0.717, 1.165) is 31.0 Å². The van der Waals surface area contributed by atoms with Gasteiger partial charge < -0.3 is 14.5 Å². The maximum Gasteiger partial charge on any atom is 0.414 e. The van der Waals surface area contributed by atoms with Crippen LogP contribution >= 0.6 is 0 Å². The predicted molar refractivity (Wildman–Crippen MR) is 116 cm³/mol. The van der Waals surface area contributed by atoms with Gasteiger partial charge in [-0.25, -0.2) is 9.78 Å². The molecular formula is C23H28N4O3. The van der Waals surface area contributed by atoms with Crippen LogP contribution in [-0.2, 0) is 11.2 Å². The lowest BCUT2D eigenvalue weighted by Gasteiger charge is -2.36. The fraction of sp³-hybridized carbons (Fsp3) is 0.435. The van der Waals surface area contributed by atoms with Crippen LogP contribution in [0.3, 0.4) is 0 Å². The number of piperazine rings is 1. The molecule has 7 nitrogen and oxygen atoms in total. The van der Waals surface area contributed by atoms with Crippen molar-refractivity contribution in [3.05, 3.63) is 53.2 Å². The standard InChI is InChI=1S/C23H28N4O3/c1-4-18-13-16(2)21(24-14-18)25-9-11-26(12-10-25)22(28)19-5-7-20(8-6-19)27-17(3)15-30-23(27)29/h5-8,13-14,17H,4,9-12,15H2,1-3H3/t17-/m1/s1. The van der Waals surface area contributed by atoms with Crippen LogP contribution < -0.4 is 9.80 Å². The molecule has 158 valence electrons. The number of anilines is 2. The molecule has 1 aromatic heterocycles. The van der Waals surface area contributed by atoms with Crippen molar-refractivity contribution < 1.29 is 14.3 Å². The van der Waals surface area contributed by atoms with Gasteiger partial charge in [0.2, 0.25) is 0 Å². The van der Waals surface area contributed by atoms with Crippen molar-refractivity contribution in [3.8, 4) is 0 Å². The van der Waals surface area contributed by atoms with Crippen molar-refractivity contribution in [3.63, 3.8) is 0 Å². The van der Waals surface area contributed by atoms with Crippen LogP contribution in [0, 0.1) is 6.92 Å². The molecule has 0 unspecified atom stereocenters. The zero-order valence-corrected chi connectivity index (χ0v) is 17.8. The van der Waals surface area contributed by atoms with E-state index in [2.05, 4.69) is 29.8 Å². The second-order valence-corrected chi connectivity index (χ2v) is 7.96. The molecule has 1 atom stereocenters. The van der Waals surface area contributed by atoms with Crippen molar-refractivity contribution in [1.82, 2.24) is 9.88 Å². The molecule has 2 aliphatic rings. The van der Waals surface area contributed by atoms with E-state index in [4.69, 9.17) is 4.74 Å². The molecule has 30 heavy (non-hydrogen) atoms. The molecule has 0 spiro atoms. The summed E-state index contributed by atoms with van der Waals surface area (Å²) < 4.78 is 5.07. The molecule has 0 saturated carbocycles. The van der Waals surface area contributed by atoms with Gasteiger partial charge in [0, 0.05) is 43.6 Å². The summed E-state index contributed by atoms with van der Waals surface area (Å²) in [5, 5.41) is 0. The van der Waals surface area contributed by atoms with Gasteiger partial charge in [-0.1, -0.05) is 13.0 Å². The number of amides is 2. The fourth-order valence-corrected chi connectivity index (χ4v) is 4.09. The highest BCUT2D eigenvalue weighted by molar-refractivity contribution is 5.96. The van der Waals surface area contributed by atoms with Gasteiger partial charge in [0.25, 0.3) is 5.91 Å². The summed E-state index contributed by atoms with van der Waals surface area (Å²) >= 11 is 0. The number of aryl methyl sites for hydroxylation is 2. The smallest absolute Gasteiger partial charge is 0.414 e. The Kier molecular flexibility index (Phi) is 5.61. The van der Waals surface area contributed by atoms with Crippen molar-refractivity contribution in [2.75, 3.05) is 42.6 Å². The number of hydrogen-bond acceptors (Lipinski definition) is 5. The third-order valence-electron chi connectivity index (χ3n) is 5.86. The Morgan fingerprint density at radius 2 is 1.87 bits per heavy atom. The van der Waals surface area contributed by atoms with Crippen LogP contribution in [0.5, 0.6) is 0 Å². The van der Waals surface area contributed by atoms with E-state index in [9.17, 15) is 9.59 Å². The second-order valence-electron chi connectivity index (χ2n) is 7.96. The predicted octanol–water partition coefficient (Wildman–Crippen LogP) is 3.26. The molecular weight excluding hydrogens is 380 g/mol. The van der Waals surface area contributed by atoms with Crippen LogP contribution in [0.2, 0.25) is 0 Å². The molecule has 0 bridgehead atoms. The molecule has 2 saturated heterocycles. The van der Waals surface area contributed by atoms with E-state index < -0.39 is 0 Å². The van der Waals surface area contributed by atoms with E-state index >= 15 is 0 Å². The van der Waals surface area contributed by atoms with Crippen molar-refractivity contribution >= 4 is 23.5 Å². The molecule has 7 heteroatoms. The number of rotatable bonds is 4. The number of benzene rings is 1. The first-order chi connectivity index (χ1) is 14.5. The highest BCUT2D eigenvalue weighted by Gasteiger charge is 2.31. The topological polar surface area (TPSA) is 66.0 Å². The van der Waals surface area contributed by atoms with Gasteiger partial charge >= 0.3 is 6.09 Å². The number of carbonyl (C=O) groups excluding carboxylic acids is 2. The van der Waals surface area contributed by atoms with Gasteiger partial charge in [-0.3, -0.25) is 9.69 Å².